The van der Waals surface area contributed by atoms with E-state index in [2.05, 4.69) is 60.2 Å². The highest BCUT2D eigenvalue weighted by Crippen LogP contribution is 2.11. The third-order valence-corrected chi connectivity index (χ3v) is 3.49. The number of hydrogen-bond acceptors (Lipinski definition) is 3. The van der Waals surface area contributed by atoms with Crippen LogP contribution in [0.25, 0.3) is 0 Å². The molecule has 0 radical (unpaired) electrons. The maximum atomic E-state index is 4.66. The van der Waals surface area contributed by atoms with E-state index in [1.165, 1.54) is 5.69 Å². The van der Waals surface area contributed by atoms with Gasteiger partial charge in [-0.2, -0.15) is 5.10 Å². The third-order valence-electron chi connectivity index (χ3n) is 3.49. The highest BCUT2D eigenvalue weighted by atomic mass is 15.3. The van der Waals surface area contributed by atoms with Gasteiger partial charge in [0.2, 0.25) is 0 Å². The maximum Gasteiger partial charge on any atom is 0.0640 e. The van der Waals surface area contributed by atoms with Crippen LogP contribution in [0.15, 0.2) is 12.3 Å². The Labute approximate surface area is 111 Å². The third kappa shape index (κ3) is 4.78. The topological polar surface area (TPSA) is 33.1 Å². The molecule has 0 amide bonds. The number of nitrogens with one attached hydrogen (secondary N) is 1. The minimum Gasteiger partial charge on any atom is -0.317 e. The average Bonchev–Trinajstić information content (AvgIpc) is 2.81. The molecule has 0 aliphatic rings. The molecule has 18 heavy (non-hydrogen) atoms. The van der Waals surface area contributed by atoms with Crippen LogP contribution in [0.5, 0.6) is 0 Å². The van der Waals surface area contributed by atoms with Crippen molar-refractivity contribution < 1.29 is 0 Å². The zero-order valence-corrected chi connectivity index (χ0v) is 12.5. The van der Waals surface area contributed by atoms with Crippen LogP contribution in [0.3, 0.4) is 0 Å². The summed E-state index contributed by atoms with van der Waals surface area (Å²) in [6.07, 6.45) is 5.38. The summed E-state index contributed by atoms with van der Waals surface area (Å²) in [5, 5.41) is 8.04. The normalized spacial score (nSPS) is 15.0. The molecule has 1 aromatic rings. The molecule has 104 valence electrons. The van der Waals surface area contributed by atoms with Crippen LogP contribution >= 0.6 is 0 Å². The molecular formula is C14H28N4. The van der Waals surface area contributed by atoms with Crippen LogP contribution in [-0.4, -0.2) is 48.4 Å². The molecule has 0 saturated carbocycles. The van der Waals surface area contributed by atoms with Crippen LogP contribution in [0, 0.1) is 0 Å². The van der Waals surface area contributed by atoms with Gasteiger partial charge in [0.25, 0.3) is 0 Å². The fourth-order valence-electron chi connectivity index (χ4n) is 1.93. The summed E-state index contributed by atoms with van der Waals surface area (Å²) in [7, 11) is 6.26. The van der Waals surface area contributed by atoms with Crippen LogP contribution in [0.4, 0.5) is 0 Å². The second-order valence-corrected chi connectivity index (χ2v) is 5.33. The van der Waals surface area contributed by atoms with Gasteiger partial charge in [0.05, 0.1) is 5.69 Å². The van der Waals surface area contributed by atoms with E-state index in [9.17, 15) is 0 Å². The Morgan fingerprint density at radius 1 is 1.44 bits per heavy atom. The first-order valence-electron chi connectivity index (χ1n) is 6.92. The lowest BCUT2D eigenvalue weighted by molar-refractivity contribution is 0.362. The maximum absolute atomic E-state index is 4.66. The zero-order valence-electron chi connectivity index (χ0n) is 12.5. The molecule has 1 N–H and O–H groups in total. The van der Waals surface area contributed by atoms with Gasteiger partial charge < -0.3 is 10.2 Å². The van der Waals surface area contributed by atoms with E-state index in [1.807, 2.05) is 7.05 Å². The Morgan fingerprint density at radius 3 is 2.72 bits per heavy atom. The van der Waals surface area contributed by atoms with Crippen LogP contribution in [0.2, 0.25) is 0 Å². The second-order valence-electron chi connectivity index (χ2n) is 5.33. The fourth-order valence-corrected chi connectivity index (χ4v) is 1.93. The monoisotopic (exact) mass is 252 g/mol. The molecule has 1 rings (SSSR count). The quantitative estimate of drug-likeness (QED) is 0.767. The van der Waals surface area contributed by atoms with E-state index in [-0.39, 0.29) is 0 Å². The molecule has 0 fully saturated rings. The van der Waals surface area contributed by atoms with Crippen molar-refractivity contribution in [3.8, 4) is 0 Å². The minimum atomic E-state index is 0.494. The van der Waals surface area contributed by atoms with Crippen LogP contribution in [-0.2, 0) is 6.42 Å². The Bertz CT molecular complexity index is 332. The Hall–Kier alpha value is -0.870. The molecular weight excluding hydrogens is 224 g/mol. The first-order valence-corrected chi connectivity index (χ1v) is 6.92. The molecule has 2 atom stereocenters. The Morgan fingerprint density at radius 2 is 2.17 bits per heavy atom. The zero-order chi connectivity index (χ0) is 13.5. The summed E-state index contributed by atoms with van der Waals surface area (Å²) in [4.78, 5) is 2.22. The van der Waals surface area contributed by atoms with Gasteiger partial charge in [-0.05, 0) is 53.5 Å². The molecule has 0 bridgehead atoms. The summed E-state index contributed by atoms with van der Waals surface area (Å²) in [6.45, 7) is 5.51. The lowest BCUT2D eigenvalue weighted by Gasteiger charge is -2.17. The van der Waals surface area contributed by atoms with Gasteiger partial charge in [0, 0.05) is 24.7 Å². The highest BCUT2D eigenvalue weighted by Gasteiger charge is 2.11. The predicted octanol–water partition coefficient (Wildman–Crippen LogP) is 1.94. The number of hydrogen-bond donors (Lipinski definition) is 1. The predicted molar refractivity (Wildman–Crippen MR) is 77.0 cm³/mol. The summed E-state index contributed by atoms with van der Waals surface area (Å²) in [5.41, 5.74) is 1.19. The molecule has 0 saturated heterocycles. The summed E-state index contributed by atoms with van der Waals surface area (Å²) >= 11 is 0. The Kier molecular flexibility index (Phi) is 6.36. The van der Waals surface area contributed by atoms with E-state index in [0.717, 1.165) is 25.8 Å². The van der Waals surface area contributed by atoms with Gasteiger partial charge in [0.15, 0.2) is 0 Å². The van der Waals surface area contributed by atoms with E-state index in [0.29, 0.717) is 12.1 Å². The van der Waals surface area contributed by atoms with Crippen molar-refractivity contribution in [2.75, 3.05) is 27.7 Å². The fraction of sp³-hybridized carbons (Fsp3) is 0.786. The van der Waals surface area contributed by atoms with Crippen LogP contribution in [0.1, 0.15) is 38.4 Å². The average molecular weight is 252 g/mol. The molecule has 0 spiro atoms. The van der Waals surface area contributed by atoms with Crippen molar-refractivity contribution in [2.24, 2.45) is 0 Å². The minimum absolute atomic E-state index is 0.494. The smallest absolute Gasteiger partial charge is 0.0640 e. The van der Waals surface area contributed by atoms with Crippen molar-refractivity contribution >= 4 is 0 Å². The first kappa shape index (κ1) is 15.2. The van der Waals surface area contributed by atoms with Gasteiger partial charge >= 0.3 is 0 Å². The van der Waals surface area contributed by atoms with E-state index in [4.69, 9.17) is 0 Å². The lowest BCUT2D eigenvalue weighted by atomic mass is 10.1. The molecule has 4 heteroatoms. The van der Waals surface area contributed by atoms with E-state index < -0.39 is 0 Å². The number of rotatable bonds is 8. The van der Waals surface area contributed by atoms with Crippen molar-refractivity contribution in [1.29, 1.82) is 0 Å². The van der Waals surface area contributed by atoms with Gasteiger partial charge in [-0.15, -0.1) is 0 Å². The summed E-state index contributed by atoms with van der Waals surface area (Å²) in [5.74, 6) is 0. The van der Waals surface area contributed by atoms with Gasteiger partial charge in [-0.25, -0.2) is 0 Å². The number of aromatic nitrogens is 2. The lowest BCUT2D eigenvalue weighted by Crippen LogP contribution is -2.31. The summed E-state index contributed by atoms with van der Waals surface area (Å²) in [6, 6.07) is 3.15. The van der Waals surface area contributed by atoms with Gasteiger partial charge in [-0.3, -0.25) is 4.68 Å². The van der Waals surface area contributed by atoms with Crippen molar-refractivity contribution in [2.45, 2.75) is 45.2 Å². The van der Waals surface area contributed by atoms with E-state index in [1.54, 1.807) is 0 Å². The molecule has 0 aliphatic carbocycles. The molecule has 1 heterocycles. The van der Waals surface area contributed by atoms with Crippen LogP contribution < -0.4 is 5.32 Å². The largest absolute Gasteiger partial charge is 0.317 e. The molecule has 2 unspecified atom stereocenters. The van der Waals surface area contributed by atoms with Crippen molar-refractivity contribution in [3.63, 3.8) is 0 Å². The highest BCUT2D eigenvalue weighted by molar-refractivity contribution is 5.02. The first-order chi connectivity index (χ1) is 8.56. The second kappa shape index (κ2) is 7.54. The Balaban J connectivity index is 2.51. The van der Waals surface area contributed by atoms with Crippen molar-refractivity contribution in [1.82, 2.24) is 20.0 Å². The van der Waals surface area contributed by atoms with Crippen molar-refractivity contribution in [3.05, 3.63) is 18.0 Å². The number of likely N-dealkylation sites (N-methyl/N-ethyl adjacent to an activating group) is 1. The molecule has 0 aromatic carbocycles. The number of nitrogens with zero attached hydrogens (tertiary/aromatic N) is 3. The molecule has 1 aromatic heterocycles. The van der Waals surface area contributed by atoms with Gasteiger partial charge in [-0.1, -0.05) is 6.92 Å². The summed E-state index contributed by atoms with van der Waals surface area (Å²) < 4.78 is 2.08. The SMILES string of the molecule is CCC(C)n1ccc(CC(CCN(C)C)NC)n1. The molecule has 4 nitrogen and oxygen atoms in total. The van der Waals surface area contributed by atoms with Gasteiger partial charge in [0.1, 0.15) is 0 Å². The van der Waals surface area contributed by atoms with E-state index >= 15 is 0 Å². The molecule has 0 aliphatic heterocycles. The standard InChI is InChI=1S/C14H28N4/c1-6-12(2)18-10-8-14(16-18)11-13(15-3)7-9-17(4)5/h8,10,12-13,15H,6-7,9,11H2,1-5H3.